The van der Waals surface area contributed by atoms with Gasteiger partial charge < -0.3 is 5.11 Å². The number of amides is 1. The Bertz CT molecular complexity index is 436. The molecule has 1 amide bonds. The van der Waals surface area contributed by atoms with Crippen LogP contribution in [0.3, 0.4) is 0 Å². The van der Waals surface area contributed by atoms with Gasteiger partial charge in [-0.25, -0.2) is 0 Å². The molecule has 0 aromatic heterocycles. The zero-order valence-electron chi connectivity index (χ0n) is 10.6. The second kappa shape index (κ2) is 5.20. The normalized spacial score (nSPS) is 22.8. The van der Waals surface area contributed by atoms with Crippen LogP contribution < -0.4 is 10.9 Å². The molecule has 4 nitrogen and oxygen atoms in total. The lowest BCUT2D eigenvalue weighted by atomic mass is 10.0. The summed E-state index contributed by atoms with van der Waals surface area (Å²) in [4.78, 5) is 11.9. The van der Waals surface area contributed by atoms with Gasteiger partial charge in [-0.15, -0.1) is 0 Å². The number of carbonyl (C=O) groups excluding carboxylic acids is 1. The maximum absolute atomic E-state index is 11.9. The molecular formula is C13H18N2O2S. The molecule has 98 valence electrons. The molecule has 1 aliphatic rings. The quantitative estimate of drug-likeness (QED) is 0.728. The zero-order valence-corrected chi connectivity index (χ0v) is 11.4. The third kappa shape index (κ3) is 2.97. The standard InChI is InChI=1S/C13H18N2O2S/c1-9-5-10(2)7-11(6-9)14-15-12(16)13(17)3-4-18-8-13/h5-7,14,17H,3-4,8H2,1-2H3,(H,15,16). The number of aryl methyl sites for hydroxylation is 2. The van der Waals surface area contributed by atoms with E-state index in [2.05, 4.69) is 16.9 Å². The summed E-state index contributed by atoms with van der Waals surface area (Å²) in [5.74, 6) is 0.938. The van der Waals surface area contributed by atoms with Gasteiger partial charge in [0.15, 0.2) is 5.60 Å². The molecule has 1 aliphatic heterocycles. The molecular weight excluding hydrogens is 248 g/mol. The van der Waals surface area contributed by atoms with Crippen LogP contribution in [0.1, 0.15) is 17.5 Å². The van der Waals surface area contributed by atoms with Gasteiger partial charge in [-0.05, 0) is 49.3 Å². The van der Waals surface area contributed by atoms with E-state index in [9.17, 15) is 9.90 Å². The maximum Gasteiger partial charge on any atom is 0.271 e. The van der Waals surface area contributed by atoms with Crippen LogP contribution in [0, 0.1) is 13.8 Å². The number of benzene rings is 1. The van der Waals surface area contributed by atoms with E-state index in [0.717, 1.165) is 22.6 Å². The van der Waals surface area contributed by atoms with Gasteiger partial charge in [0.25, 0.3) is 5.91 Å². The minimum Gasteiger partial charge on any atom is -0.379 e. The fourth-order valence-corrected chi connectivity index (χ4v) is 3.26. The van der Waals surface area contributed by atoms with Crippen LogP contribution in [0.15, 0.2) is 18.2 Å². The van der Waals surface area contributed by atoms with Gasteiger partial charge in [0.2, 0.25) is 0 Å². The molecule has 1 aromatic rings. The third-order valence-electron chi connectivity index (χ3n) is 2.97. The fraction of sp³-hybridized carbons (Fsp3) is 0.462. The van der Waals surface area contributed by atoms with Crippen LogP contribution in [-0.4, -0.2) is 28.1 Å². The number of nitrogens with one attached hydrogen (secondary N) is 2. The molecule has 1 atom stereocenters. The van der Waals surface area contributed by atoms with Crippen LogP contribution in [0.4, 0.5) is 5.69 Å². The van der Waals surface area contributed by atoms with E-state index in [1.165, 1.54) is 0 Å². The lowest BCUT2D eigenvalue weighted by Crippen LogP contribution is -2.48. The summed E-state index contributed by atoms with van der Waals surface area (Å²) < 4.78 is 0. The Kier molecular flexibility index (Phi) is 3.82. The average Bonchev–Trinajstić information content (AvgIpc) is 2.73. The smallest absolute Gasteiger partial charge is 0.271 e. The Morgan fingerprint density at radius 1 is 1.33 bits per heavy atom. The molecule has 1 aromatic carbocycles. The summed E-state index contributed by atoms with van der Waals surface area (Å²) in [6.45, 7) is 4.00. The monoisotopic (exact) mass is 266 g/mol. The number of hydrazine groups is 1. The summed E-state index contributed by atoms with van der Waals surface area (Å²) in [6.07, 6.45) is 0.512. The Morgan fingerprint density at radius 3 is 2.56 bits per heavy atom. The average molecular weight is 266 g/mol. The van der Waals surface area contributed by atoms with Crippen molar-refractivity contribution in [2.75, 3.05) is 16.9 Å². The molecule has 0 spiro atoms. The van der Waals surface area contributed by atoms with Crippen molar-refractivity contribution in [1.29, 1.82) is 0 Å². The Hall–Kier alpha value is -1.20. The summed E-state index contributed by atoms with van der Waals surface area (Å²) >= 11 is 1.60. The lowest BCUT2D eigenvalue weighted by molar-refractivity contribution is -0.136. The molecule has 1 heterocycles. The highest BCUT2D eigenvalue weighted by atomic mass is 32.2. The van der Waals surface area contributed by atoms with Crippen LogP contribution in [0.25, 0.3) is 0 Å². The van der Waals surface area contributed by atoms with Crippen molar-refractivity contribution >= 4 is 23.4 Å². The van der Waals surface area contributed by atoms with E-state index in [1.807, 2.05) is 26.0 Å². The molecule has 1 saturated heterocycles. The molecule has 3 N–H and O–H groups in total. The van der Waals surface area contributed by atoms with E-state index < -0.39 is 5.60 Å². The highest BCUT2D eigenvalue weighted by Crippen LogP contribution is 2.27. The number of rotatable bonds is 3. The third-order valence-corrected chi connectivity index (χ3v) is 4.14. The van der Waals surface area contributed by atoms with Crippen LogP contribution >= 0.6 is 11.8 Å². The number of thioether (sulfide) groups is 1. The summed E-state index contributed by atoms with van der Waals surface area (Å²) in [7, 11) is 0. The molecule has 0 aliphatic carbocycles. The number of hydrogen-bond donors (Lipinski definition) is 3. The Balaban J connectivity index is 1.97. The summed E-state index contributed by atoms with van der Waals surface area (Å²) in [5.41, 5.74) is 7.30. The van der Waals surface area contributed by atoms with E-state index in [-0.39, 0.29) is 5.91 Å². The minimum atomic E-state index is -1.23. The highest BCUT2D eigenvalue weighted by Gasteiger charge is 2.39. The number of hydrogen-bond acceptors (Lipinski definition) is 4. The molecule has 0 bridgehead atoms. The van der Waals surface area contributed by atoms with E-state index in [1.54, 1.807) is 11.8 Å². The highest BCUT2D eigenvalue weighted by molar-refractivity contribution is 7.99. The zero-order chi connectivity index (χ0) is 13.2. The molecule has 1 fully saturated rings. The minimum absolute atomic E-state index is 0.355. The van der Waals surface area contributed by atoms with Crippen LogP contribution in [0.5, 0.6) is 0 Å². The predicted molar refractivity (Wildman–Crippen MR) is 74.6 cm³/mol. The van der Waals surface area contributed by atoms with Crippen LogP contribution in [0.2, 0.25) is 0 Å². The van der Waals surface area contributed by atoms with Crippen LogP contribution in [-0.2, 0) is 4.79 Å². The molecule has 2 rings (SSSR count). The van der Waals surface area contributed by atoms with E-state index in [4.69, 9.17) is 0 Å². The van der Waals surface area contributed by atoms with Gasteiger partial charge in [-0.2, -0.15) is 11.8 Å². The molecule has 5 heteroatoms. The van der Waals surface area contributed by atoms with Gasteiger partial charge >= 0.3 is 0 Å². The van der Waals surface area contributed by atoms with Gasteiger partial charge in [0, 0.05) is 5.75 Å². The first-order chi connectivity index (χ1) is 8.49. The SMILES string of the molecule is Cc1cc(C)cc(NNC(=O)C2(O)CCSC2)c1. The predicted octanol–water partition coefficient (Wildman–Crippen LogP) is 1.61. The number of anilines is 1. The molecule has 18 heavy (non-hydrogen) atoms. The Labute approximate surface area is 111 Å². The Morgan fingerprint density at radius 2 is 2.00 bits per heavy atom. The van der Waals surface area contributed by atoms with Crippen molar-refractivity contribution < 1.29 is 9.90 Å². The first kappa shape index (κ1) is 13.2. The van der Waals surface area contributed by atoms with Crippen molar-refractivity contribution in [2.24, 2.45) is 0 Å². The van der Waals surface area contributed by atoms with Crippen molar-refractivity contribution in [3.63, 3.8) is 0 Å². The van der Waals surface area contributed by atoms with Crippen molar-refractivity contribution in [3.05, 3.63) is 29.3 Å². The van der Waals surface area contributed by atoms with E-state index >= 15 is 0 Å². The number of aliphatic hydroxyl groups is 1. The van der Waals surface area contributed by atoms with Gasteiger partial charge in [-0.3, -0.25) is 15.6 Å². The topological polar surface area (TPSA) is 61.4 Å². The first-order valence-corrected chi connectivity index (χ1v) is 7.10. The summed E-state index contributed by atoms with van der Waals surface area (Å²) in [5, 5.41) is 10.1. The first-order valence-electron chi connectivity index (χ1n) is 5.94. The fourth-order valence-electron chi connectivity index (χ4n) is 2.03. The summed E-state index contributed by atoms with van der Waals surface area (Å²) in [6, 6.07) is 5.95. The lowest BCUT2D eigenvalue weighted by Gasteiger charge is -2.21. The molecule has 1 unspecified atom stereocenters. The molecule has 0 saturated carbocycles. The molecule has 0 radical (unpaired) electrons. The van der Waals surface area contributed by atoms with Crippen molar-refractivity contribution in [3.8, 4) is 0 Å². The van der Waals surface area contributed by atoms with Gasteiger partial charge in [-0.1, -0.05) is 6.07 Å². The number of carbonyl (C=O) groups is 1. The largest absolute Gasteiger partial charge is 0.379 e. The van der Waals surface area contributed by atoms with Gasteiger partial charge in [0.1, 0.15) is 0 Å². The van der Waals surface area contributed by atoms with E-state index in [0.29, 0.717) is 12.2 Å². The maximum atomic E-state index is 11.9. The van der Waals surface area contributed by atoms with Crippen molar-refractivity contribution in [1.82, 2.24) is 5.43 Å². The van der Waals surface area contributed by atoms with Gasteiger partial charge in [0.05, 0.1) is 5.69 Å². The van der Waals surface area contributed by atoms with Crippen molar-refractivity contribution in [2.45, 2.75) is 25.9 Å². The second-order valence-electron chi connectivity index (χ2n) is 4.79. The second-order valence-corrected chi connectivity index (χ2v) is 5.89.